The number of nitrogens with one attached hydrogen (secondary N) is 1. The van der Waals surface area contributed by atoms with E-state index in [4.69, 9.17) is 5.11 Å². The Balaban J connectivity index is 2.01. The van der Waals surface area contributed by atoms with Crippen LogP contribution in [0.15, 0.2) is 17.3 Å². The normalized spacial score (nSPS) is 21.5. The van der Waals surface area contributed by atoms with Gasteiger partial charge in [0.1, 0.15) is 4.90 Å². The smallest absolute Gasteiger partial charge is 0.305 e. The molecule has 0 spiro atoms. The summed E-state index contributed by atoms with van der Waals surface area (Å²) in [7, 11) is -3.59. The molecule has 0 bridgehead atoms. The van der Waals surface area contributed by atoms with E-state index in [-0.39, 0.29) is 29.3 Å². The maximum Gasteiger partial charge on any atom is 0.305 e. The van der Waals surface area contributed by atoms with E-state index in [1.54, 1.807) is 0 Å². The van der Waals surface area contributed by atoms with Gasteiger partial charge in [0.15, 0.2) is 0 Å². The lowest BCUT2D eigenvalue weighted by atomic mass is 9.92. The molecule has 0 amide bonds. The van der Waals surface area contributed by atoms with Crippen molar-refractivity contribution in [3.8, 4) is 0 Å². The highest BCUT2D eigenvalue weighted by molar-refractivity contribution is 7.89. The van der Waals surface area contributed by atoms with Crippen molar-refractivity contribution in [2.75, 3.05) is 0 Å². The van der Waals surface area contributed by atoms with E-state index in [1.165, 1.54) is 17.1 Å². The van der Waals surface area contributed by atoms with E-state index in [2.05, 4.69) is 23.7 Å². The summed E-state index contributed by atoms with van der Waals surface area (Å²) >= 11 is 0. The third-order valence-corrected chi connectivity index (χ3v) is 5.24. The summed E-state index contributed by atoms with van der Waals surface area (Å²) in [6, 6.07) is -0.0487. The predicted molar refractivity (Wildman–Crippen MR) is 76.2 cm³/mol. The molecule has 1 unspecified atom stereocenters. The number of aryl methyl sites for hydroxylation is 1. The van der Waals surface area contributed by atoms with Gasteiger partial charge in [-0.15, -0.1) is 0 Å². The van der Waals surface area contributed by atoms with Crippen LogP contribution in [0.5, 0.6) is 0 Å². The minimum absolute atomic E-state index is 0.0487. The van der Waals surface area contributed by atoms with Crippen LogP contribution in [-0.4, -0.2) is 35.3 Å². The summed E-state index contributed by atoms with van der Waals surface area (Å²) in [5.41, 5.74) is 0.166. The minimum atomic E-state index is -3.59. The van der Waals surface area contributed by atoms with Gasteiger partial charge in [0.05, 0.1) is 19.2 Å². The molecule has 1 heterocycles. The number of rotatable bonds is 6. The summed E-state index contributed by atoms with van der Waals surface area (Å²) in [6.07, 6.45) is 5.18. The summed E-state index contributed by atoms with van der Waals surface area (Å²) < 4.78 is 28.6. The highest BCUT2D eigenvalue weighted by atomic mass is 32.2. The van der Waals surface area contributed by atoms with Gasteiger partial charge in [-0.1, -0.05) is 13.8 Å². The van der Waals surface area contributed by atoms with Gasteiger partial charge in [-0.2, -0.15) is 5.10 Å². The molecule has 1 atom stereocenters. The largest absolute Gasteiger partial charge is 0.481 e. The highest BCUT2D eigenvalue weighted by Crippen LogP contribution is 2.37. The third kappa shape index (κ3) is 4.28. The van der Waals surface area contributed by atoms with Crippen LogP contribution in [0, 0.1) is 5.41 Å². The van der Waals surface area contributed by atoms with Crippen LogP contribution in [0.3, 0.4) is 0 Å². The fourth-order valence-electron chi connectivity index (χ4n) is 2.64. The molecule has 0 aliphatic heterocycles. The van der Waals surface area contributed by atoms with Crippen LogP contribution in [0.1, 0.15) is 39.5 Å². The van der Waals surface area contributed by atoms with Crippen LogP contribution >= 0.6 is 0 Å². The van der Waals surface area contributed by atoms with Crippen molar-refractivity contribution < 1.29 is 18.3 Å². The third-order valence-electron chi connectivity index (χ3n) is 3.77. The molecule has 1 fully saturated rings. The molecule has 1 aliphatic rings. The molecule has 2 N–H and O–H groups in total. The van der Waals surface area contributed by atoms with Crippen LogP contribution < -0.4 is 4.72 Å². The van der Waals surface area contributed by atoms with Gasteiger partial charge in [-0.05, 0) is 24.7 Å². The molecule has 0 saturated heterocycles. The molecule has 1 aromatic rings. The van der Waals surface area contributed by atoms with E-state index in [1.807, 2.05) is 0 Å². The Morgan fingerprint density at radius 1 is 1.57 bits per heavy atom. The highest BCUT2D eigenvalue weighted by Gasteiger charge is 2.33. The van der Waals surface area contributed by atoms with Gasteiger partial charge in [0, 0.05) is 12.2 Å². The van der Waals surface area contributed by atoms with Crippen molar-refractivity contribution in [2.45, 2.75) is 57.0 Å². The molecule has 7 nitrogen and oxygen atoms in total. The zero-order valence-electron chi connectivity index (χ0n) is 12.2. The van der Waals surface area contributed by atoms with E-state index >= 15 is 0 Å². The van der Waals surface area contributed by atoms with Gasteiger partial charge in [0.25, 0.3) is 0 Å². The van der Waals surface area contributed by atoms with Gasteiger partial charge < -0.3 is 5.11 Å². The topological polar surface area (TPSA) is 101 Å². The Bertz CT molecular complexity index is 621. The average molecular weight is 315 g/mol. The van der Waals surface area contributed by atoms with Crippen molar-refractivity contribution in [1.82, 2.24) is 14.5 Å². The van der Waals surface area contributed by atoms with E-state index < -0.39 is 16.0 Å². The Kier molecular flexibility index (Phi) is 4.38. The second kappa shape index (κ2) is 5.76. The fourth-order valence-corrected chi connectivity index (χ4v) is 3.86. The summed E-state index contributed by atoms with van der Waals surface area (Å²) in [5.74, 6) is -0.943. The molecule has 21 heavy (non-hydrogen) atoms. The number of carboxylic acids is 1. The number of sulfonamides is 1. The Morgan fingerprint density at radius 3 is 2.86 bits per heavy atom. The van der Waals surface area contributed by atoms with Crippen molar-refractivity contribution in [2.24, 2.45) is 5.41 Å². The number of aliphatic carboxylic acids is 1. The predicted octanol–water partition coefficient (Wildman–Crippen LogP) is 1.21. The summed E-state index contributed by atoms with van der Waals surface area (Å²) in [6.45, 7) is 4.41. The number of carbonyl (C=O) groups is 1. The standard InChI is InChI=1S/C13H21N3O4S/c1-13(2)5-3-10(7-13)15-21(19,20)11-8-14-16(9-11)6-4-12(17)18/h8-10,15H,3-7H2,1-2H3,(H,17,18). The minimum Gasteiger partial charge on any atom is -0.481 e. The monoisotopic (exact) mass is 315 g/mol. The molecular weight excluding hydrogens is 294 g/mol. The van der Waals surface area contributed by atoms with Crippen molar-refractivity contribution in [1.29, 1.82) is 0 Å². The molecule has 1 aliphatic carbocycles. The van der Waals surface area contributed by atoms with Crippen LogP contribution in [0.4, 0.5) is 0 Å². The first-order valence-corrected chi connectivity index (χ1v) is 8.43. The first-order valence-electron chi connectivity index (χ1n) is 6.95. The lowest BCUT2D eigenvalue weighted by Crippen LogP contribution is -2.33. The zero-order chi connectivity index (χ0) is 15.7. The van der Waals surface area contributed by atoms with Crippen molar-refractivity contribution in [3.05, 3.63) is 12.4 Å². The van der Waals surface area contributed by atoms with Gasteiger partial charge >= 0.3 is 5.97 Å². The van der Waals surface area contributed by atoms with Crippen LogP contribution in [-0.2, 0) is 21.4 Å². The average Bonchev–Trinajstić information content (AvgIpc) is 2.93. The quantitative estimate of drug-likeness (QED) is 0.822. The lowest BCUT2D eigenvalue weighted by molar-refractivity contribution is -0.137. The van der Waals surface area contributed by atoms with Crippen LogP contribution in [0.2, 0.25) is 0 Å². The van der Waals surface area contributed by atoms with Crippen LogP contribution in [0.25, 0.3) is 0 Å². The maximum atomic E-state index is 12.3. The Morgan fingerprint density at radius 2 is 2.29 bits per heavy atom. The van der Waals surface area contributed by atoms with Crippen molar-refractivity contribution >= 4 is 16.0 Å². The second-order valence-electron chi connectivity index (χ2n) is 6.31. The SMILES string of the molecule is CC1(C)CCC(NS(=O)(=O)c2cnn(CCC(=O)O)c2)C1. The molecule has 0 radical (unpaired) electrons. The molecule has 1 aromatic heterocycles. The Labute approximate surface area is 124 Å². The number of hydrogen-bond acceptors (Lipinski definition) is 4. The lowest BCUT2D eigenvalue weighted by Gasteiger charge is -2.17. The summed E-state index contributed by atoms with van der Waals surface area (Å²) in [5, 5.41) is 12.5. The number of hydrogen-bond donors (Lipinski definition) is 2. The van der Waals surface area contributed by atoms with E-state index in [0.29, 0.717) is 0 Å². The zero-order valence-corrected chi connectivity index (χ0v) is 13.1. The number of aromatic nitrogens is 2. The number of carboxylic acid groups (broad SMARTS) is 1. The maximum absolute atomic E-state index is 12.3. The molecule has 118 valence electrons. The van der Waals surface area contributed by atoms with Crippen molar-refractivity contribution in [3.63, 3.8) is 0 Å². The number of nitrogens with zero attached hydrogens (tertiary/aromatic N) is 2. The van der Waals surface area contributed by atoms with Gasteiger partial charge in [-0.25, -0.2) is 13.1 Å². The molecular formula is C13H21N3O4S. The van der Waals surface area contributed by atoms with E-state index in [9.17, 15) is 13.2 Å². The fraction of sp³-hybridized carbons (Fsp3) is 0.692. The molecule has 1 saturated carbocycles. The van der Waals surface area contributed by atoms with E-state index in [0.717, 1.165) is 19.3 Å². The molecule has 8 heteroatoms. The Hall–Kier alpha value is -1.41. The first-order chi connectivity index (χ1) is 9.68. The van der Waals surface area contributed by atoms with Gasteiger partial charge in [0.2, 0.25) is 10.0 Å². The van der Waals surface area contributed by atoms with Gasteiger partial charge in [-0.3, -0.25) is 9.48 Å². The first kappa shape index (κ1) is 16.0. The molecule has 2 rings (SSSR count). The molecule has 0 aromatic carbocycles. The second-order valence-corrected chi connectivity index (χ2v) is 8.02. The summed E-state index contributed by atoms with van der Waals surface area (Å²) in [4.78, 5) is 10.6.